The van der Waals surface area contributed by atoms with E-state index in [9.17, 15) is 9.59 Å². The minimum Gasteiger partial charge on any atom is -0.340 e. The summed E-state index contributed by atoms with van der Waals surface area (Å²) < 4.78 is 0. The van der Waals surface area contributed by atoms with Crippen molar-refractivity contribution >= 4 is 17.5 Å². The van der Waals surface area contributed by atoms with Gasteiger partial charge in [-0.2, -0.15) is 5.26 Å². The zero-order valence-electron chi connectivity index (χ0n) is 16.7. The lowest BCUT2D eigenvalue weighted by Crippen LogP contribution is -2.50. The van der Waals surface area contributed by atoms with Gasteiger partial charge in [-0.15, -0.1) is 0 Å². The molecule has 150 valence electrons. The predicted octanol–water partition coefficient (Wildman–Crippen LogP) is 2.58. The third-order valence-electron chi connectivity index (χ3n) is 5.17. The Kier molecular flexibility index (Phi) is 6.99. The number of nitrogens with zero attached hydrogens (tertiary/aromatic N) is 3. The van der Waals surface area contributed by atoms with Gasteiger partial charge in [0, 0.05) is 38.3 Å². The summed E-state index contributed by atoms with van der Waals surface area (Å²) in [5.41, 5.74) is 3.49. The Balaban J connectivity index is 1.41. The number of nitrogens with one attached hydrogen (secondary N) is 1. The molecule has 3 rings (SSSR count). The molecule has 0 atom stereocenters. The molecule has 1 aliphatic heterocycles. The number of benzene rings is 2. The molecule has 2 aromatic carbocycles. The second kappa shape index (κ2) is 9.85. The van der Waals surface area contributed by atoms with Crippen LogP contribution in [0.2, 0.25) is 0 Å². The quantitative estimate of drug-likeness (QED) is 0.823. The summed E-state index contributed by atoms with van der Waals surface area (Å²) in [6.45, 7) is 4.94. The maximum absolute atomic E-state index is 12.5. The van der Waals surface area contributed by atoms with E-state index >= 15 is 0 Å². The monoisotopic (exact) mass is 390 g/mol. The van der Waals surface area contributed by atoms with Crippen LogP contribution >= 0.6 is 0 Å². The molecule has 0 radical (unpaired) electrons. The first-order chi connectivity index (χ1) is 14.0. The highest BCUT2D eigenvalue weighted by atomic mass is 16.2. The van der Waals surface area contributed by atoms with Gasteiger partial charge in [-0.1, -0.05) is 35.9 Å². The average molecular weight is 390 g/mol. The standard InChI is InChI=1S/C23H26N4O2/c1-18-6-9-21(10-7-18)25-22(28)17-26-12-14-27(15-13-26)23(29)11-8-19-4-2-3-5-20(19)16-24/h2-7,9-10H,8,11-15,17H2,1H3,(H,25,28). The van der Waals surface area contributed by atoms with Crippen LogP contribution in [-0.2, 0) is 16.0 Å². The van der Waals surface area contributed by atoms with Crippen molar-refractivity contribution in [3.63, 3.8) is 0 Å². The van der Waals surface area contributed by atoms with Gasteiger partial charge >= 0.3 is 0 Å². The lowest BCUT2D eigenvalue weighted by Gasteiger charge is -2.34. The molecule has 1 aliphatic rings. The lowest BCUT2D eigenvalue weighted by molar-refractivity contribution is -0.133. The Morgan fingerprint density at radius 1 is 1.03 bits per heavy atom. The molecule has 1 fully saturated rings. The fourth-order valence-corrected chi connectivity index (χ4v) is 3.44. The first-order valence-corrected chi connectivity index (χ1v) is 9.90. The summed E-state index contributed by atoms with van der Waals surface area (Å²) in [7, 11) is 0. The summed E-state index contributed by atoms with van der Waals surface area (Å²) in [4.78, 5) is 28.7. The summed E-state index contributed by atoms with van der Waals surface area (Å²) >= 11 is 0. The van der Waals surface area contributed by atoms with Crippen LogP contribution < -0.4 is 5.32 Å². The highest BCUT2D eigenvalue weighted by molar-refractivity contribution is 5.92. The Morgan fingerprint density at radius 2 is 1.72 bits per heavy atom. The maximum Gasteiger partial charge on any atom is 0.238 e. The van der Waals surface area contributed by atoms with Gasteiger partial charge in [0.2, 0.25) is 11.8 Å². The fourth-order valence-electron chi connectivity index (χ4n) is 3.44. The molecule has 0 saturated carbocycles. The van der Waals surface area contributed by atoms with Crippen molar-refractivity contribution in [2.75, 3.05) is 38.0 Å². The van der Waals surface area contributed by atoms with Gasteiger partial charge in [0.05, 0.1) is 18.2 Å². The Labute approximate surface area is 171 Å². The molecular weight excluding hydrogens is 364 g/mol. The second-order valence-corrected chi connectivity index (χ2v) is 7.34. The van der Waals surface area contributed by atoms with E-state index < -0.39 is 0 Å². The van der Waals surface area contributed by atoms with Crippen LogP contribution in [0.3, 0.4) is 0 Å². The van der Waals surface area contributed by atoms with Gasteiger partial charge in [-0.3, -0.25) is 14.5 Å². The lowest BCUT2D eigenvalue weighted by atomic mass is 10.0. The molecule has 6 nitrogen and oxygen atoms in total. The van der Waals surface area contributed by atoms with E-state index in [1.54, 1.807) is 6.07 Å². The summed E-state index contributed by atoms with van der Waals surface area (Å²) in [5, 5.41) is 12.1. The zero-order chi connectivity index (χ0) is 20.6. The molecule has 0 spiro atoms. The Morgan fingerprint density at radius 3 is 2.41 bits per heavy atom. The maximum atomic E-state index is 12.5. The van der Waals surface area contributed by atoms with Crippen molar-refractivity contribution in [1.29, 1.82) is 5.26 Å². The van der Waals surface area contributed by atoms with Crippen LogP contribution in [0.15, 0.2) is 48.5 Å². The van der Waals surface area contributed by atoms with Crippen molar-refractivity contribution in [2.45, 2.75) is 19.8 Å². The first-order valence-electron chi connectivity index (χ1n) is 9.90. The van der Waals surface area contributed by atoms with Gasteiger partial charge in [-0.05, 0) is 37.1 Å². The Hall–Kier alpha value is -3.17. The number of anilines is 1. The van der Waals surface area contributed by atoms with E-state index in [2.05, 4.69) is 16.3 Å². The van der Waals surface area contributed by atoms with Crippen LogP contribution in [0, 0.1) is 18.3 Å². The molecular formula is C23H26N4O2. The molecule has 1 N–H and O–H groups in total. The highest BCUT2D eigenvalue weighted by Crippen LogP contribution is 2.12. The average Bonchev–Trinajstić information content (AvgIpc) is 2.74. The number of rotatable bonds is 6. The van der Waals surface area contributed by atoms with E-state index in [1.165, 1.54) is 0 Å². The summed E-state index contributed by atoms with van der Waals surface area (Å²) in [5.74, 6) is 0.0586. The number of amides is 2. The molecule has 1 saturated heterocycles. The molecule has 0 aliphatic carbocycles. The van der Waals surface area contributed by atoms with Crippen LogP contribution in [0.4, 0.5) is 5.69 Å². The third-order valence-corrected chi connectivity index (χ3v) is 5.17. The molecule has 29 heavy (non-hydrogen) atoms. The SMILES string of the molecule is Cc1ccc(NC(=O)CN2CCN(C(=O)CCc3ccccc3C#N)CC2)cc1. The number of hydrogen-bond acceptors (Lipinski definition) is 4. The molecule has 2 amide bonds. The van der Waals surface area contributed by atoms with Crippen LogP contribution in [0.25, 0.3) is 0 Å². The number of carbonyl (C=O) groups excluding carboxylic acids is 2. The zero-order valence-corrected chi connectivity index (χ0v) is 16.7. The third kappa shape index (κ3) is 5.90. The van der Waals surface area contributed by atoms with Crippen molar-refractivity contribution < 1.29 is 9.59 Å². The number of nitriles is 1. The van der Waals surface area contributed by atoms with Gasteiger partial charge in [-0.25, -0.2) is 0 Å². The minimum absolute atomic E-state index is 0.0401. The summed E-state index contributed by atoms with van der Waals surface area (Å²) in [6.07, 6.45) is 0.967. The fraction of sp³-hybridized carbons (Fsp3) is 0.348. The van der Waals surface area contributed by atoms with Crippen molar-refractivity contribution in [2.24, 2.45) is 0 Å². The van der Waals surface area contributed by atoms with Gasteiger partial charge in [0.1, 0.15) is 0 Å². The normalized spacial score (nSPS) is 14.3. The smallest absolute Gasteiger partial charge is 0.238 e. The van der Waals surface area contributed by atoms with E-state index in [0.29, 0.717) is 51.1 Å². The van der Waals surface area contributed by atoms with Gasteiger partial charge in [0.25, 0.3) is 0 Å². The van der Waals surface area contributed by atoms with Crippen molar-refractivity contribution in [3.8, 4) is 6.07 Å². The highest BCUT2D eigenvalue weighted by Gasteiger charge is 2.22. The number of piperazine rings is 1. The molecule has 6 heteroatoms. The van der Waals surface area contributed by atoms with E-state index in [4.69, 9.17) is 5.26 Å². The molecule has 0 bridgehead atoms. The van der Waals surface area contributed by atoms with Crippen LogP contribution in [0.5, 0.6) is 0 Å². The number of aryl methyl sites for hydroxylation is 2. The van der Waals surface area contributed by atoms with Crippen LogP contribution in [0.1, 0.15) is 23.1 Å². The van der Waals surface area contributed by atoms with Crippen molar-refractivity contribution in [1.82, 2.24) is 9.80 Å². The molecule has 1 heterocycles. The Bertz CT molecular complexity index is 894. The topological polar surface area (TPSA) is 76.4 Å². The van der Waals surface area contributed by atoms with Crippen molar-refractivity contribution in [3.05, 3.63) is 65.2 Å². The largest absolute Gasteiger partial charge is 0.340 e. The van der Waals surface area contributed by atoms with Gasteiger partial charge < -0.3 is 10.2 Å². The first kappa shape index (κ1) is 20.6. The second-order valence-electron chi connectivity index (χ2n) is 7.34. The molecule has 2 aromatic rings. The predicted molar refractivity (Wildman–Crippen MR) is 112 cm³/mol. The number of hydrogen-bond donors (Lipinski definition) is 1. The number of carbonyl (C=O) groups is 2. The van der Waals surface area contributed by atoms with Gasteiger partial charge in [0.15, 0.2) is 0 Å². The minimum atomic E-state index is -0.0401. The van der Waals surface area contributed by atoms with E-state index in [0.717, 1.165) is 16.8 Å². The van der Waals surface area contributed by atoms with Crippen LogP contribution in [-0.4, -0.2) is 54.3 Å². The van der Waals surface area contributed by atoms with E-state index in [-0.39, 0.29) is 11.8 Å². The summed E-state index contributed by atoms with van der Waals surface area (Å²) in [6, 6.07) is 17.3. The molecule has 0 unspecified atom stereocenters. The molecule has 0 aromatic heterocycles. The van der Waals surface area contributed by atoms with E-state index in [1.807, 2.05) is 54.3 Å².